The average Bonchev–Trinajstić information content (AvgIpc) is 3.31. The number of carbonyl (C=O) groups excluding carboxylic acids is 2. The average molecular weight is 314 g/mol. The molecular formula is C17H18N2O4. The highest BCUT2D eigenvalue weighted by Gasteiger charge is 2.44. The predicted octanol–water partition coefficient (Wildman–Crippen LogP) is 1.98. The van der Waals surface area contributed by atoms with Crippen molar-refractivity contribution in [2.24, 2.45) is 5.92 Å². The maximum atomic E-state index is 12.6. The zero-order valence-electron chi connectivity index (χ0n) is 12.9. The molecular weight excluding hydrogens is 296 g/mol. The minimum absolute atomic E-state index is 0.167. The molecule has 4 rings (SSSR count). The Morgan fingerprint density at radius 3 is 2.83 bits per heavy atom. The van der Waals surface area contributed by atoms with Gasteiger partial charge in [-0.2, -0.15) is 0 Å². The molecule has 1 N–H and O–H groups in total. The van der Waals surface area contributed by atoms with Crippen LogP contribution in [0.15, 0.2) is 35.5 Å². The third kappa shape index (κ3) is 2.34. The fourth-order valence-electron chi connectivity index (χ4n) is 3.20. The van der Waals surface area contributed by atoms with Crippen molar-refractivity contribution in [3.8, 4) is 5.75 Å². The van der Waals surface area contributed by atoms with E-state index in [0.717, 1.165) is 18.4 Å². The largest absolute Gasteiger partial charge is 0.496 e. The van der Waals surface area contributed by atoms with Gasteiger partial charge < -0.3 is 14.8 Å². The van der Waals surface area contributed by atoms with Crippen LogP contribution >= 0.6 is 0 Å². The lowest BCUT2D eigenvalue weighted by atomic mass is 9.95. The topological polar surface area (TPSA) is 67.9 Å². The number of methoxy groups -OCH3 is 1. The number of nitrogens with zero attached hydrogens (tertiary/aromatic N) is 1. The molecule has 1 aromatic rings. The Labute approximate surface area is 134 Å². The highest BCUT2D eigenvalue weighted by Crippen LogP contribution is 2.40. The summed E-state index contributed by atoms with van der Waals surface area (Å²) in [6, 6.07) is 6.69. The standard InChI is InChI=1S/C17H18N2O4/c1-22-13-5-3-2-4-11(13)15-14-12(9-23-16(14)20)19(17(21)18-15)8-10-6-7-10/h2-5,10,15H,6-9H2,1H3,(H,18,21)/t15-/m0/s1. The van der Waals surface area contributed by atoms with Gasteiger partial charge in [0.15, 0.2) is 0 Å². The van der Waals surface area contributed by atoms with E-state index in [9.17, 15) is 9.59 Å². The first-order valence-corrected chi connectivity index (χ1v) is 7.80. The van der Waals surface area contributed by atoms with E-state index in [1.807, 2.05) is 24.3 Å². The Morgan fingerprint density at radius 2 is 2.09 bits per heavy atom. The van der Waals surface area contributed by atoms with Crippen LogP contribution in [0.25, 0.3) is 0 Å². The van der Waals surface area contributed by atoms with Crippen LogP contribution in [0.2, 0.25) is 0 Å². The second-order valence-corrected chi connectivity index (χ2v) is 6.11. The molecule has 0 spiro atoms. The van der Waals surface area contributed by atoms with Gasteiger partial charge in [0.25, 0.3) is 0 Å². The number of ether oxygens (including phenoxy) is 2. The maximum Gasteiger partial charge on any atom is 0.338 e. The lowest BCUT2D eigenvalue weighted by molar-refractivity contribution is -0.136. The van der Waals surface area contributed by atoms with Gasteiger partial charge in [-0.25, -0.2) is 9.59 Å². The van der Waals surface area contributed by atoms with Crippen LogP contribution in [0, 0.1) is 5.92 Å². The lowest BCUT2D eigenvalue weighted by Crippen LogP contribution is -2.48. The van der Waals surface area contributed by atoms with Crippen molar-refractivity contribution in [3.63, 3.8) is 0 Å². The van der Waals surface area contributed by atoms with Crippen LogP contribution in [-0.4, -0.2) is 37.2 Å². The summed E-state index contributed by atoms with van der Waals surface area (Å²) >= 11 is 0. The number of amides is 2. The molecule has 2 amide bonds. The van der Waals surface area contributed by atoms with Gasteiger partial charge in [-0.15, -0.1) is 0 Å². The molecule has 1 aromatic carbocycles. The zero-order chi connectivity index (χ0) is 16.0. The van der Waals surface area contributed by atoms with Crippen molar-refractivity contribution in [1.82, 2.24) is 10.2 Å². The third-order valence-corrected chi connectivity index (χ3v) is 4.59. The molecule has 1 fully saturated rings. The normalized spacial score (nSPS) is 23.5. The minimum atomic E-state index is -0.529. The maximum absolute atomic E-state index is 12.6. The Hall–Kier alpha value is -2.50. The summed E-state index contributed by atoms with van der Waals surface area (Å²) in [4.78, 5) is 26.5. The second kappa shape index (κ2) is 5.30. The van der Waals surface area contributed by atoms with Crippen LogP contribution in [0.3, 0.4) is 0 Å². The van der Waals surface area contributed by atoms with Crippen molar-refractivity contribution in [1.29, 1.82) is 0 Å². The SMILES string of the molecule is COc1ccccc1[C@@H]1NC(=O)N(CC2CC2)C2=C1C(=O)OC2. The first-order chi connectivity index (χ1) is 11.2. The summed E-state index contributed by atoms with van der Waals surface area (Å²) in [6.45, 7) is 0.819. The molecule has 2 aliphatic heterocycles. The van der Waals surface area contributed by atoms with E-state index in [1.54, 1.807) is 12.0 Å². The number of hydrogen-bond acceptors (Lipinski definition) is 4. The molecule has 0 unspecified atom stereocenters. The van der Waals surface area contributed by atoms with Crippen LogP contribution in [0.1, 0.15) is 24.4 Å². The van der Waals surface area contributed by atoms with Crippen LogP contribution < -0.4 is 10.1 Å². The first kappa shape index (κ1) is 14.1. The van der Waals surface area contributed by atoms with Crippen LogP contribution in [0.5, 0.6) is 5.75 Å². The van der Waals surface area contributed by atoms with Gasteiger partial charge in [-0.3, -0.25) is 4.90 Å². The fourth-order valence-corrected chi connectivity index (χ4v) is 3.20. The number of carbonyl (C=O) groups is 2. The van der Waals surface area contributed by atoms with E-state index in [0.29, 0.717) is 29.5 Å². The second-order valence-electron chi connectivity index (χ2n) is 6.11. The number of urea groups is 1. The van der Waals surface area contributed by atoms with E-state index in [2.05, 4.69) is 5.32 Å². The molecule has 120 valence electrons. The van der Waals surface area contributed by atoms with Crippen LogP contribution in [-0.2, 0) is 9.53 Å². The zero-order valence-corrected chi connectivity index (χ0v) is 12.9. The van der Waals surface area contributed by atoms with Crippen molar-refractivity contribution >= 4 is 12.0 Å². The Kier molecular flexibility index (Phi) is 3.25. The number of esters is 1. The molecule has 0 saturated heterocycles. The highest BCUT2D eigenvalue weighted by atomic mass is 16.5. The molecule has 3 aliphatic rings. The highest BCUT2D eigenvalue weighted by molar-refractivity contribution is 5.97. The third-order valence-electron chi connectivity index (χ3n) is 4.59. The van der Waals surface area contributed by atoms with Gasteiger partial charge in [0.05, 0.1) is 24.4 Å². The van der Waals surface area contributed by atoms with Crippen molar-refractivity contribution in [3.05, 3.63) is 41.1 Å². The lowest BCUT2D eigenvalue weighted by Gasteiger charge is -2.33. The fraction of sp³-hybridized carbons (Fsp3) is 0.412. The number of rotatable bonds is 4. The van der Waals surface area contributed by atoms with E-state index >= 15 is 0 Å². The van der Waals surface area contributed by atoms with E-state index in [-0.39, 0.29) is 18.6 Å². The van der Waals surface area contributed by atoms with Crippen LogP contribution in [0.4, 0.5) is 4.79 Å². The summed E-state index contributed by atoms with van der Waals surface area (Å²) in [5.74, 6) is 0.810. The van der Waals surface area contributed by atoms with Gasteiger partial charge in [0, 0.05) is 12.1 Å². The molecule has 1 saturated carbocycles. The Morgan fingerprint density at radius 1 is 1.30 bits per heavy atom. The van der Waals surface area contributed by atoms with Crippen molar-refractivity contribution < 1.29 is 19.1 Å². The number of nitrogens with one attached hydrogen (secondary N) is 1. The van der Waals surface area contributed by atoms with E-state index in [4.69, 9.17) is 9.47 Å². The Balaban J connectivity index is 1.77. The van der Waals surface area contributed by atoms with Gasteiger partial charge in [0.2, 0.25) is 0 Å². The smallest absolute Gasteiger partial charge is 0.338 e. The molecule has 0 radical (unpaired) electrons. The molecule has 2 heterocycles. The van der Waals surface area contributed by atoms with Gasteiger partial charge in [0.1, 0.15) is 12.4 Å². The summed E-state index contributed by atoms with van der Waals surface area (Å²) in [6.07, 6.45) is 2.27. The Bertz CT molecular complexity index is 708. The number of cyclic esters (lactones) is 1. The molecule has 0 aromatic heterocycles. The summed E-state index contributed by atoms with van der Waals surface area (Å²) in [7, 11) is 1.57. The van der Waals surface area contributed by atoms with Gasteiger partial charge in [-0.05, 0) is 24.8 Å². The molecule has 23 heavy (non-hydrogen) atoms. The summed E-state index contributed by atoms with van der Waals surface area (Å²) < 4.78 is 10.6. The van der Waals surface area contributed by atoms with E-state index < -0.39 is 6.04 Å². The summed E-state index contributed by atoms with van der Waals surface area (Å²) in [5, 5.41) is 2.94. The molecule has 6 nitrogen and oxygen atoms in total. The number of benzene rings is 1. The molecule has 1 aliphatic carbocycles. The monoisotopic (exact) mass is 314 g/mol. The van der Waals surface area contributed by atoms with E-state index in [1.165, 1.54) is 0 Å². The number of hydrogen-bond donors (Lipinski definition) is 1. The van der Waals surface area contributed by atoms with Gasteiger partial charge in [-0.1, -0.05) is 18.2 Å². The molecule has 6 heteroatoms. The number of para-hydroxylation sites is 1. The molecule has 1 atom stereocenters. The first-order valence-electron chi connectivity index (χ1n) is 7.80. The van der Waals surface area contributed by atoms with Crippen molar-refractivity contribution in [2.75, 3.05) is 20.3 Å². The predicted molar refractivity (Wildman–Crippen MR) is 81.7 cm³/mol. The quantitative estimate of drug-likeness (QED) is 0.863. The minimum Gasteiger partial charge on any atom is -0.496 e. The summed E-state index contributed by atoms with van der Waals surface area (Å²) in [5.41, 5.74) is 1.98. The van der Waals surface area contributed by atoms with Gasteiger partial charge >= 0.3 is 12.0 Å². The van der Waals surface area contributed by atoms with Crippen molar-refractivity contribution in [2.45, 2.75) is 18.9 Å². The molecule has 0 bridgehead atoms.